The minimum Gasteiger partial charge on any atom is -0.477 e. The van der Waals surface area contributed by atoms with Gasteiger partial charge in [-0.2, -0.15) is 0 Å². The number of benzene rings is 2. The lowest BCUT2D eigenvalue weighted by atomic mass is 9.94. The number of anilines is 1. The molecule has 3 atom stereocenters. The van der Waals surface area contributed by atoms with Gasteiger partial charge in [0.1, 0.15) is 5.82 Å². The minimum atomic E-state index is -0.244. The van der Waals surface area contributed by atoms with E-state index in [9.17, 15) is 4.79 Å². The van der Waals surface area contributed by atoms with Crippen LogP contribution in [0.3, 0.4) is 0 Å². The van der Waals surface area contributed by atoms with Crippen molar-refractivity contribution in [2.24, 2.45) is 0 Å². The lowest BCUT2D eigenvalue weighted by Crippen LogP contribution is -2.43. The largest absolute Gasteiger partial charge is 0.477 e. The third kappa shape index (κ3) is 5.32. The van der Waals surface area contributed by atoms with E-state index in [0.29, 0.717) is 24.3 Å². The summed E-state index contributed by atoms with van der Waals surface area (Å²) >= 11 is 0. The fraction of sp³-hybridized carbons (Fsp3) is 0.333. The van der Waals surface area contributed by atoms with Crippen LogP contribution in [-0.4, -0.2) is 52.5 Å². The van der Waals surface area contributed by atoms with Gasteiger partial charge in [-0.3, -0.25) is 10.2 Å². The third-order valence-corrected chi connectivity index (χ3v) is 7.31. The number of aromatic nitrogens is 2. The molecule has 5 rings (SSSR count). The molecule has 1 aliphatic heterocycles. The first-order chi connectivity index (χ1) is 18.0. The highest BCUT2D eigenvalue weighted by atomic mass is 16.5. The second-order valence-electron chi connectivity index (χ2n) is 9.73. The molecule has 1 saturated heterocycles. The van der Waals surface area contributed by atoms with Gasteiger partial charge in [0.05, 0.1) is 23.9 Å². The van der Waals surface area contributed by atoms with Crippen LogP contribution in [0.5, 0.6) is 5.88 Å². The first-order valence-corrected chi connectivity index (χ1v) is 13.0. The summed E-state index contributed by atoms with van der Waals surface area (Å²) in [6.07, 6.45) is 7.56. The van der Waals surface area contributed by atoms with Gasteiger partial charge in [-0.1, -0.05) is 72.3 Å². The highest BCUT2D eigenvalue weighted by Gasteiger charge is 2.38. The lowest BCUT2D eigenvalue weighted by molar-refractivity contribution is 0.243. The number of para-hydroxylation sites is 1. The number of hydrogen-bond acceptors (Lipinski definition) is 4. The summed E-state index contributed by atoms with van der Waals surface area (Å²) in [6, 6.07) is 20.4. The number of ether oxygens (including phenoxy) is 1. The van der Waals surface area contributed by atoms with E-state index in [0.717, 1.165) is 30.8 Å². The maximum Gasteiger partial charge on any atom is 0.320 e. The average molecular weight is 498 g/mol. The Balaban J connectivity index is 1.38. The maximum absolute atomic E-state index is 13.5. The molecule has 3 aromatic rings. The van der Waals surface area contributed by atoms with Gasteiger partial charge in [0.15, 0.2) is 0 Å². The SMILES string of the molecule is CCOc1nn(-c2ccccc2)c(NC(=O)N[C@@H]2CN(C3CC=CC=C3C)C[C@H]2c2ccccc2)c1C. The number of likely N-dealkylation sites (tertiary alicyclic amines) is 1. The molecule has 7 nitrogen and oxygen atoms in total. The summed E-state index contributed by atoms with van der Waals surface area (Å²) in [7, 11) is 0. The number of carbonyl (C=O) groups excluding carboxylic acids is 1. The van der Waals surface area contributed by atoms with E-state index < -0.39 is 0 Å². The monoisotopic (exact) mass is 497 g/mol. The molecule has 0 bridgehead atoms. The smallest absolute Gasteiger partial charge is 0.320 e. The molecule has 2 heterocycles. The minimum absolute atomic E-state index is 0.0270. The quantitative estimate of drug-likeness (QED) is 0.456. The van der Waals surface area contributed by atoms with Crippen molar-refractivity contribution >= 4 is 11.8 Å². The Hall–Kier alpha value is -3.84. The van der Waals surface area contributed by atoms with Gasteiger partial charge in [0.2, 0.25) is 5.88 Å². The van der Waals surface area contributed by atoms with Gasteiger partial charge in [-0.15, -0.1) is 5.10 Å². The zero-order valence-electron chi connectivity index (χ0n) is 21.7. The van der Waals surface area contributed by atoms with Crippen molar-refractivity contribution in [3.63, 3.8) is 0 Å². The van der Waals surface area contributed by atoms with Gasteiger partial charge in [0.25, 0.3) is 0 Å². The van der Waals surface area contributed by atoms with Crippen LogP contribution in [-0.2, 0) is 0 Å². The van der Waals surface area contributed by atoms with E-state index in [1.165, 1.54) is 11.1 Å². The summed E-state index contributed by atoms with van der Waals surface area (Å²) in [5, 5.41) is 11.0. The van der Waals surface area contributed by atoms with Crippen molar-refractivity contribution in [1.82, 2.24) is 20.0 Å². The van der Waals surface area contributed by atoms with Crippen molar-refractivity contribution in [3.05, 3.63) is 95.6 Å². The molecule has 7 heteroatoms. The van der Waals surface area contributed by atoms with Gasteiger partial charge >= 0.3 is 6.03 Å². The normalized spacial score (nSPS) is 21.5. The number of rotatable bonds is 7. The molecule has 1 aromatic heterocycles. The fourth-order valence-electron chi connectivity index (χ4n) is 5.40. The number of urea groups is 1. The van der Waals surface area contributed by atoms with E-state index in [1.54, 1.807) is 4.68 Å². The molecule has 1 unspecified atom stereocenters. The third-order valence-electron chi connectivity index (χ3n) is 7.31. The van der Waals surface area contributed by atoms with Crippen LogP contribution in [0.4, 0.5) is 10.6 Å². The van der Waals surface area contributed by atoms with E-state index in [2.05, 4.69) is 70.0 Å². The molecular weight excluding hydrogens is 462 g/mol. The number of carbonyl (C=O) groups is 1. The first-order valence-electron chi connectivity index (χ1n) is 13.0. The summed E-state index contributed by atoms with van der Waals surface area (Å²) in [5.41, 5.74) is 4.26. The summed E-state index contributed by atoms with van der Waals surface area (Å²) < 4.78 is 7.47. The molecule has 0 spiro atoms. The van der Waals surface area contributed by atoms with E-state index >= 15 is 0 Å². The summed E-state index contributed by atoms with van der Waals surface area (Å²) in [5.74, 6) is 1.32. The Morgan fingerprint density at radius 1 is 1.05 bits per heavy atom. The van der Waals surface area contributed by atoms with Crippen molar-refractivity contribution in [1.29, 1.82) is 0 Å². The Bertz CT molecular complexity index is 1280. The standard InChI is InChI=1S/C30H35N5O2/c1-4-37-29-22(3)28(35(33-29)24-16-9-6-10-17-24)32-30(36)31-26-20-34(27-18-12-11-13-21(27)2)19-25(26)23-14-7-5-8-15-23/h5-17,25-27H,4,18-20H2,1-3H3,(H2,31,32,36)/t25-,26+,27?/m0/s1. The van der Waals surface area contributed by atoms with Crippen molar-refractivity contribution in [2.45, 2.75) is 45.2 Å². The molecule has 2 aliphatic rings. The molecule has 1 fully saturated rings. The van der Waals surface area contributed by atoms with Crippen LogP contribution in [0.2, 0.25) is 0 Å². The average Bonchev–Trinajstić information content (AvgIpc) is 3.47. The van der Waals surface area contributed by atoms with E-state index in [1.807, 2.05) is 50.2 Å². The molecular formula is C30H35N5O2. The molecule has 2 amide bonds. The van der Waals surface area contributed by atoms with Crippen LogP contribution < -0.4 is 15.4 Å². The number of nitrogens with one attached hydrogen (secondary N) is 2. The molecule has 0 radical (unpaired) electrons. The molecule has 1 aliphatic carbocycles. The first kappa shape index (κ1) is 24.8. The fourth-order valence-corrected chi connectivity index (χ4v) is 5.40. The highest BCUT2D eigenvalue weighted by molar-refractivity contribution is 5.90. The molecule has 0 saturated carbocycles. The van der Waals surface area contributed by atoms with Crippen LogP contribution in [0.1, 0.15) is 37.3 Å². The predicted octanol–water partition coefficient (Wildman–Crippen LogP) is 5.44. The van der Waals surface area contributed by atoms with Gasteiger partial charge in [-0.25, -0.2) is 9.48 Å². The lowest BCUT2D eigenvalue weighted by Gasteiger charge is -2.29. The molecule has 2 N–H and O–H groups in total. The Labute approximate surface area is 218 Å². The topological polar surface area (TPSA) is 71.4 Å². The van der Waals surface area contributed by atoms with Crippen LogP contribution in [0.15, 0.2) is 84.5 Å². The van der Waals surface area contributed by atoms with E-state index in [4.69, 9.17) is 4.74 Å². The molecule has 2 aromatic carbocycles. The van der Waals surface area contributed by atoms with Crippen molar-refractivity contribution in [2.75, 3.05) is 25.0 Å². The Kier molecular flexibility index (Phi) is 7.42. The number of amides is 2. The van der Waals surface area contributed by atoms with E-state index in [-0.39, 0.29) is 18.0 Å². The van der Waals surface area contributed by atoms with Crippen LogP contribution in [0, 0.1) is 6.92 Å². The Morgan fingerprint density at radius 2 is 1.78 bits per heavy atom. The van der Waals surface area contributed by atoms with Crippen molar-refractivity contribution < 1.29 is 9.53 Å². The number of allylic oxidation sites excluding steroid dienone is 2. The van der Waals surface area contributed by atoms with Crippen LogP contribution in [0.25, 0.3) is 5.69 Å². The van der Waals surface area contributed by atoms with Gasteiger partial charge in [0, 0.05) is 25.0 Å². The van der Waals surface area contributed by atoms with Gasteiger partial charge in [-0.05, 0) is 44.9 Å². The summed E-state index contributed by atoms with van der Waals surface area (Å²) in [4.78, 5) is 16.0. The van der Waals surface area contributed by atoms with Crippen LogP contribution >= 0.6 is 0 Å². The zero-order valence-corrected chi connectivity index (χ0v) is 21.7. The second kappa shape index (κ2) is 11.0. The highest BCUT2D eigenvalue weighted by Crippen LogP contribution is 2.33. The van der Waals surface area contributed by atoms with Crippen molar-refractivity contribution in [3.8, 4) is 11.6 Å². The number of nitrogens with zero attached hydrogens (tertiary/aromatic N) is 3. The maximum atomic E-state index is 13.5. The predicted molar refractivity (Wildman–Crippen MR) is 147 cm³/mol. The zero-order chi connectivity index (χ0) is 25.8. The molecule has 192 valence electrons. The summed E-state index contributed by atoms with van der Waals surface area (Å²) in [6.45, 7) is 8.23. The molecule has 37 heavy (non-hydrogen) atoms. The number of hydrogen-bond donors (Lipinski definition) is 2. The van der Waals surface area contributed by atoms with Gasteiger partial charge < -0.3 is 10.1 Å². The second-order valence-corrected chi connectivity index (χ2v) is 9.73. The Morgan fingerprint density at radius 3 is 2.49 bits per heavy atom.